The van der Waals surface area contributed by atoms with Crippen molar-refractivity contribution in [3.05, 3.63) is 0 Å². The summed E-state index contributed by atoms with van der Waals surface area (Å²) in [6, 6.07) is 0.684. The lowest BCUT2D eigenvalue weighted by molar-refractivity contribution is 0.162. The monoisotopic (exact) mass is 199 g/mol. The van der Waals surface area contributed by atoms with Crippen LogP contribution >= 0.6 is 0 Å². The van der Waals surface area contributed by atoms with E-state index in [4.69, 9.17) is 0 Å². The molecule has 4 nitrogen and oxygen atoms in total. The Labute approximate surface area is 86.2 Å². The molecule has 1 saturated heterocycles. The molecule has 0 aliphatic carbocycles. The van der Waals surface area contributed by atoms with Gasteiger partial charge in [0, 0.05) is 33.7 Å². The second-order valence-electron chi connectivity index (χ2n) is 4.38. The van der Waals surface area contributed by atoms with E-state index in [0.29, 0.717) is 12.0 Å². The lowest BCUT2D eigenvalue weighted by atomic mass is 9.93. The quantitative estimate of drug-likeness (QED) is 0.722. The normalized spacial score (nSPS) is 22.4. The van der Waals surface area contributed by atoms with Crippen LogP contribution in [0.3, 0.4) is 0 Å². The Morgan fingerprint density at radius 3 is 2.43 bits per heavy atom. The number of rotatable bonds is 3. The highest BCUT2D eigenvalue weighted by Gasteiger charge is 2.25. The van der Waals surface area contributed by atoms with Crippen molar-refractivity contribution in [2.75, 3.05) is 34.2 Å². The minimum absolute atomic E-state index is 0.0798. The molecule has 2 atom stereocenters. The Balaban J connectivity index is 2.31. The van der Waals surface area contributed by atoms with Crippen LogP contribution < -0.4 is 5.32 Å². The summed E-state index contributed by atoms with van der Waals surface area (Å²) in [6.07, 6.45) is 1.24. The van der Waals surface area contributed by atoms with Gasteiger partial charge in [-0.3, -0.25) is 0 Å². The fraction of sp³-hybridized carbons (Fsp3) is 0.900. The first-order chi connectivity index (χ1) is 6.52. The van der Waals surface area contributed by atoms with Gasteiger partial charge in [0.2, 0.25) is 0 Å². The molecule has 2 amide bonds. The first kappa shape index (κ1) is 11.3. The second kappa shape index (κ2) is 4.64. The number of carbonyl (C=O) groups is 1. The standard InChI is InChI=1S/C10H21N3O/c1-8(9-5-6-11-9)7-13(4)10(14)12(2)3/h8-9,11H,5-7H2,1-4H3. The highest BCUT2D eigenvalue weighted by Crippen LogP contribution is 2.14. The van der Waals surface area contributed by atoms with E-state index < -0.39 is 0 Å². The molecule has 14 heavy (non-hydrogen) atoms. The van der Waals surface area contributed by atoms with Gasteiger partial charge in [-0.15, -0.1) is 0 Å². The number of nitrogens with zero attached hydrogens (tertiary/aromatic N) is 2. The van der Waals surface area contributed by atoms with E-state index in [0.717, 1.165) is 13.1 Å². The van der Waals surface area contributed by atoms with Gasteiger partial charge in [-0.05, 0) is 18.9 Å². The zero-order valence-electron chi connectivity index (χ0n) is 9.58. The first-order valence-electron chi connectivity index (χ1n) is 5.18. The molecule has 1 aliphatic rings. The maximum Gasteiger partial charge on any atom is 0.319 e. The van der Waals surface area contributed by atoms with Crippen molar-refractivity contribution in [3.63, 3.8) is 0 Å². The van der Waals surface area contributed by atoms with Crippen LogP contribution in [0.4, 0.5) is 4.79 Å². The van der Waals surface area contributed by atoms with Gasteiger partial charge in [-0.2, -0.15) is 0 Å². The maximum atomic E-state index is 11.5. The summed E-state index contributed by atoms with van der Waals surface area (Å²) in [5.74, 6) is 0.539. The smallest absolute Gasteiger partial charge is 0.319 e. The summed E-state index contributed by atoms with van der Waals surface area (Å²) in [4.78, 5) is 14.9. The molecule has 0 aromatic heterocycles. The number of carbonyl (C=O) groups excluding carboxylic acids is 1. The van der Waals surface area contributed by atoms with E-state index in [9.17, 15) is 4.79 Å². The molecule has 2 unspecified atom stereocenters. The van der Waals surface area contributed by atoms with Crippen molar-refractivity contribution in [2.24, 2.45) is 5.92 Å². The molecular formula is C10H21N3O. The summed E-state index contributed by atoms with van der Waals surface area (Å²) < 4.78 is 0. The average molecular weight is 199 g/mol. The molecule has 0 bridgehead atoms. The van der Waals surface area contributed by atoms with Crippen LogP contribution in [0.15, 0.2) is 0 Å². The Bertz CT molecular complexity index is 202. The lowest BCUT2D eigenvalue weighted by Gasteiger charge is -2.35. The second-order valence-corrected chi connectivity index (χ2v) is 4.38. The van der Waals surface area contributed by atoms with Crippen molar-refractivity contribution in [3.8, 4) is 0 Å². The highest BCUT2D eigenvalue weighted by atomic mass is 16.2. The van der Waals surface area contributed by atoms with Crippen molar-refractivity contribution < 1.29 is 4.79 Å². The number of nitrogens with one attached hydrogen (secondary N) is 1. The maximum absolute atomic E-state index is 11.5. The van der Waals surface area contributed by atoms with Crippen LogP contribution in [0.2, 0.25) is 0 Å². The molecular weight excluding hydrogens is 178 g/mol. The predicted octanol–water partition coefficient (Wildman–Crippen LogP) is 0.598. The van der Waals surface area contributed by atoms with E-state index in [1.54, 1.807) is 23.9 Å². The molecule has 0 spiro atoms. The Morgan fingerprint density at radius 2 is 2.07 bits per heavy atom. The van der Waals surface area contributed by atoms with E-state index in [-0.39, 0.29) is 6.03 Å². The molecule has 0 radical (unpaired) electrons. The van der Waals surface area contributed by atoms with Crippen molar-refractivity contribution >= 4 is 6.03 Å². The average Bonchev–Trinajstić information content (AvgIpc) is 1.98. The molecule has 82 valence electrons. The minimum Gasteiger partial charge on any atom is -0.331 e. The SMILES string of the molecule is CC(CN(C)C(=O)N(C)C)C1CCN1. The molecule has 0 aromatic carbocycles. The highest BCUT2D eigenvalue weighted by molar-refractivity contribution is 5.73. The Morgan fingerprint density at radius 1 is 1.50 bits per heavy atom. The summed E-state index contributed by atoms with van der Waals surface area (Å²) in [6.45, 7) is 4.14. The van der Waals surface area contributed by atoms with Gasteiger partial charge in [0.15, 0.2) is 0 Å². The van der Waals surface area contributed by atoms with E-state index in [1.165, 1.54) is 6.42 Å². The zero-order valence-corrected chi connectivity index (χ0v) is 9.58. The zero-order chi connectivity index (χ0) is 10.7. The molecule has 0 saturated carbocycles. The molecule has 0 aromatic rings. The van der Waals surface area contributed by atoms with Crippen LogP contribution in [-0.2, 0) is 0 Å². The molecule has 4 heteroatoms. The lowest BCUT2D eigenvalue weighted by Crippen LogP contribution is -2.51. The van der Waals surface area contributed by atoms with Crippen molar-refractivity contribution in [2.45, 2.75) is 19.4 Å². The summed E-state index contributed by atoms with van der Waals surface area (Å²) >= 11 is 0. The largest absolute Gasteiger partial charge is 0.331 e. The third kappa shape index (κ3) is 2.61. The number of hydrogen-bond donors (Lipinski definition) is 1. The van der Waals surface area contributed by atoms with E-state index >= 15 is 0 Å². The fourth-order valence-corrected chi connectivity index (χ4v) is 1.78. The Kier molecular flexibility index (Phi) is 3.75. The van der Waals surface area contributed by atoms with Gasteiger partial charge < -0.3 is 15.1 Å². The summed E-state index contributed by atoms with van der Waals surface area (Å²) in [7, 11) is 5.42. The van der Waals surface area contributed by atoms with Gasteiger partial charge in [0.05, 0.1) is 0 Å². The van der Waals surface area contributed by atoms with E-state index in [1.807, 2.05) is 7.05 Å². The van der Waals surface area contributed by atoms with Crippen LogP contribution in [0.25, 0.3) is 0 Å². The molecule has 1 aliphatic heterocycles. The summed E-state index contributed by atoms with van der Waals surface area (Å²) in [5.41, 5.74) is 0. The van der Waals surface area contributed by atoms with Gasteiger partial charge >= 0.3 is 6.03 Å². The number of amides is 2. The molecule has 1 fully saturated rings. The molecule has 1 N–H and O–H groups in total. The van der Waals surface area contributed by atoms with Gasteiger partial charge in [0.25, 0.3) is 0 Å². The number of hydrogen-bond acceptors (Lipinski definition) is 2. The molecule has 1 heterocycles. The van der Waals surface area contributed by atoms with Gasteiger partial charge in [-0.25, -0.2) is 4.79 Å². The molecule has 1 rings (SSSR count). The van der Waals surface area contributed by atoms with Gasteiger partial charge in [-0.1, -0.05) is 6.92 Å². The van der Waals surface area contributed by atoms with Crippen molar-refractivity contribution in [1.82, 2.24) is 15.1 Å². The Hall–Kier alpha value is -0.770. The van der Waals surface area contributed by atoms with E-state index in [2.05, 4.69) is 12.2 Å². The third-order valence-corrected chi connectivity index (χ3v) is 2.82. The fourth-order valence-electron chi connectivity index (χ4n) is 1.78. The topological polar surface area (TPSA) is 35.6 Å². The predicted molar refractivity (Wildman–Crippen MR) is 57.3 cm³/mol. The third-order valence-electron chi connectivity index (χ3n) is 2.82. The summed E-state index contributed by atoms with van der Waals surface area (Å²) in [5, 5.41) is 3.37. The number of urea groups is 1. The van der Waals surface area contributed by atoms with Gasteiger partial charge in [0.1, 0.15) is 0 Å². The minimum atomic E-state index is 0.0798. The van der Waals surface area contributed by atoms with Crippen LogP contribution in [0, 0.1) is 5.92 Å². The van der Waals surface area contributed by atoms with Crippen molar-refractivity contribution in [1.29, 1.82) is 0 Å². The van der Waals surface area contributed by atoms with Crippen LogP contribution in [-0.4, -0.2) is 56.1 Å². The van der Waals surface area contributed by atoms with Crippen LogP contribution in [0.5, 0.6) is 0 Å². The first-order valence-corrected chi connectivity index (χ1v) is 5.18. The van der Waals surface area contributed by atoms with Crippen LogP contribution in [0.1, 0.15) is 13.3 Å².